The molecule has 1 N–H and O–H groups in total. The number of hydrogen-bond donors (Lipinski definition) is 1. The van der Waals surface area contributed by atoms with Crippen molar-refractivity contribution in [3.8, 4) is 16.6 Å². The Balaban J connectivity index is 0.00000306. The fourth-order valence-electron chi connectivity index (χ4n) is 3.16. The van der Waals surface area contributed by atoms with Crippen LogP contribution in [0.2, 0.25) is 0 Å². The number of benzene rings is 1. The zero-order valence-electron chi connectivity index (χ0n) is 18.0. The van der Waals surface area contributed by atoms with Crippen LogP contribution < -0.4 is 0 Å². The van der Waals surface area contributed by atoms with E-state index in [9.17, 15) is 9.90 Å². The van der Waals surface area contributed by atoms with Gasteiger partial charge in [-0.2, -0.15) is 5.26 Å². The molecule has 1 unspecified atom stereocenters. The number of halogens is 1. The van der Waals surface area contributed by atoms with Crippen LogP contribution in [-0.4, -0.2) is 25.8 Å². The summed E-state index contributed by atoms with van der Waals surface area (Å²) in [5.41, 5.74) is 4.57. The number of hydrogen-bond acceptors (Lipinski definition) is 8. The lowest BCUT2D eigenvalue weighted by molar-refractivity contribution is 0.0992. The Bertz CT molecular complexity index is 1290. The molecule has 0 spiro atoms. The van der Waals surface area contributed by atoms with Gasteiger partial charge in [0.25, 0.3) is 0 Å². The Labute approximate surface area is 206 Å². The lowest BCUT2D eigenvalue weighted by atomic mass is 10.0. The molecule has 1 atom stereocenters. The van der Waals surface area contributed by atoms with Crippen LogP contribution in [-0.2, 0) is 12.8 Å². The summed E-state index contributed by atoms with van der Waals surface area (Å²) in [7, 11) is 0. The molecular formula is C24H21ClN4O2S2. The monoisotopic (exact) mass is 496 g/mol. The highest BCUT2D eigenvalue weighted by Crippen LogP contribution is 2.33. The van der Waals surface area contributed by atoms with Crippen molar-refractivity contribution in [1.82, 2.24) is 15.0 Å². The maximum absolute atomic E-state index is 12.5. The second-order valence-electron chi connectivity index (χ2n) is 7.39. The molecular weight excluding hydrogens is 476 g/mol. The minimum absolute atomic E-state index is 0. The van der Waals surface area contributed by atoms with Gasteiger partial charge in [-0.15, -0.1) is 35.1 Å². The second kappa shape index (κ2) is 10.8. The molecule has 0 aliphatic heterocycles. The van der Waals surface area contributed by atoms with E-state index in [0.717, 1.165) is 32.5 Å². The van der Waals surface area contributed by atoms with Gasteiger partial charge in [-0.05, 0) is 43.7 Å². The molecule has 0 amide bonds. The predicted octanol–water partition coefficient (Wildman–Crippen LogP) is 5.33. The number of carbonyl (C=O) groups is 1. The molecule has 4 rings (SSSR count). The third kappa shape index (κ3) is 5.89. The molecule has 33 heavy (non-hydrogen) atoms. The molecule has 9 heteroatoms. The summed E-state index contributed by atoms with van der Waals surface area (Å²) in [4.78, 5) is 27.1. The molecule has 0 bridgehead atoms. The van der Waals surface area contributed by atoms with Crippen LogP contribution in [0.3, 0.4) is 0 Å². The van der Waals surface area contributed by atoms with Crippen molar-refractivity contribution >= 4 is 40.9 Å². The SMILES string of the molecule is Cc1nc(C(C)O)sc1-c1csc(Cc2ccc(C(=O)Cc3ccc(C#N)cc3)cn2)n1.Cl. The van der Waals surface area contributed by atoms with E-state index in [1.807, 2.05) is 18.4 Å². The standard InChI is InChI=1S/C24H20N4O2S2.ClH/c1-14-23(32-24(27-14)15(2)29)20-13-31-22(28-20)10-19-8-7-18(12-26-19)21(30)9-16-3-5-17(11-25)6-4-16;/h3-8,12-13,15,29H,9-10H2,1-2H3;1H. The summed E-state index contributed by atoms with van der Waals surface area (Å²) in [5, 5.41) is 22.2. The predicted molar refractivity (Wildman–Crippen MR) is 132 cm³/mol. The van der Waals surface area contributed by atoms with Gasteiger partial charge in [-0.1, -0.05) is 12.1 Å². The number of nitrogens with zero attached hydrogens (tertiary/aromatic N) is 4. The van der Waals surface area contributed by atoms with Gasteiger partial charge in [0.15, 0.2) is 5.78 Å². The Morgan fingerprint density at radius 1 is 1.18 bits per heavy atom. The molecule has 0 saturated carbocycles. The Hall–Kier alpha value is -2.96. The third-order valence-corrected chi connectivity index (χ3v) is 7.08. The highest BCUT2D eigenvalue weighted by molar-refractivity contribution is 7.16. The van der Waals surface area contributed by atoms with Gasteiger partial charge < -0.3 is 5.11 Å². The van der Waals surface area contributed by atoms with Gasteiger partial charge in [-0.25, -0.2) is 9.97 Å². The van der Waals surface area contributed by atoms with Gasteiger partial charge in [0.05, 0.1) is 32.9 Å². The van der Waals surface area contributed by atoms with Crippen molar-refractivity contribution in [3.63, 3.8) is 0 Å². The first-order chi connectivity index (χ1) is 15.4. The highest BCUT2D eigenvalue weighted by atomic mass is 35.5. The van der Waals surface area contributed by atoms with E-state index in [4.69, 9.17) is 10.2 Å². The largest absolute Gasteiger partial charge is 0.386 e. The first-order valence-electron chi connectivity index (χ1n) is 10.00. The van der Waals surface area contributed by atoms with Crippen molar-refractivity contribution in [2.45, 2.75) is 32.8 Å². The lowest BCUT2D eigenvalue weighted by Crippen LogP contribution is -2.05. The van der Waals surface area contributed by atoms with E-state index < -0.39 is 6.10 Å². The smallest absolute Gasteiger partial charge is 0.168 e. The molecule has 4 aromatic rings. The Kier molecular flexibility index (Phi) is 8.06. The average Bonchev–Trinajstić information content (AvgIpc) is 3.41. The highest BCUT2D eigenvalue weighted by Gasteiger charge is 2.16. The van der Waals surface area contributed by atoms with Crippen LogP contribution in [0.4, 0.5) is 0 Å². The summed E-state index contributed by atoms with van der Waals surface area (Å²) in [6, 6.07) is 12.8. The molecule has 3 aromatic heterocycles. The average molecular weight is 497 g/mol. The summed E-state index contributed by atoms with van der Waals surface area (Å²) in [6.07, 6.45) is 1.87. The molecule has 1 aromatic carbocycles. The van der Waals surface area contributed by atoms with E-state index in [2.05, 4.69) is 16.0 Å². The first kappa shape index (κ1) is 24.7. The van der Waals surface area contributed by atoms with Crippen molar-refractivity contribution in [2.75, 3.05) is 0 Å². The van der Waals surface area contributed by atoms with E-state index in [1.54, 1.807) is 54.8 Å². The zero-order chi connectivity index (χ0) is 22.7. The summed E-state index contributed by atoms with van der Waals surface area (Å²) in [5.74, 6) is -0.0140. The molecule has 0 saturated heterocycles. The zero-order valence-corrected chi connectivity index (χ0v) is 20.4. The van der Waals surface area contributed by atoms with Crippen LogP contribution in [0.25, 0.3) is 10.6 Å². The molecule has 6 nitrogen and oxygen atoms in total. The molecule has 3 heterocycles. The van der Waals surface area contributed by atoms with Gasteiger partial charge in [0.1, 0.15) is 11.1 Å². The number of carbonyl (C=O) groups excluding carboxylic acids is 1. The summed E-state index contributed by atoms with van der Waals surface area (Å²) >= 11 is 3.02. The molecule has 0 aliphatic rings. The van der Waals surface area contributed by atoms with Crippen LogP contribution in [0.5, 0.6) is 0 Å². The van der Waals surface area contributed by atoms with Gasteiger partial charge in [0, 0.05) is 35.7 Å². The van der Waals surface area contributed by atoms with E-state index in [0.29, 0.717) is 22.6 Å². The normalized spacial score (nSPS) is 11.5. The number of Topliss-reactive ketones (excluding diaryl/α,β-unsaturated/α-hetero) is 1. The molecule has 0 radical (unpaired) electrons. The van der Waals surface area contributed by atoms with Gasteiger partial charge in [0.2, 0.25) is 0 Å². The number of pyridine rings is 1. The number of nitriles is 1. The number of aliphatic hydroxyl groups is 1. The summed E-state index contributed by atoms with van der Waals surface area (Å²) in [6.45, 7) is 3.63. The quantitative estimate of drug-likeness (QED) is 0.347. The van der Waals surface area contributed by atoms with Crippen LogP contribution in [0.15, 0.2) is 48.0 Å². The van der Waals surface area contributed by atoms with Crippen molar-refractivity contribution < 1.29 is 9.90 Å². The minimum atomic E-state index is -0.590. The molecule has 0 fully saturated rings. The third-order valence-electron chi connectivity index (χ3n) is 4.88. The number of ketones is 1. The number of rotatable bonds is 7. The summed E-state index contributed by atoms with van der Waals surface area (Å²) < 4.78 is 0. The van der Waals surface area contributed by atoms with E-state index in [-0.39, 0.29) is 24.6 Å². The van der Waals surface area contributed by atoms with Crippen LogP contribution in [0, 0.1) is 18.3 Å². The number of aliphatic hydroxyl groups excluding tert-OH is 1. The Morgan fingerprint density at radius 3 is 2.55 bits per heavy atom. The number of thiazole rings is 2. The van der Waals surface area contributed by atoms with E-state index >= 15 is 0 Å². The minimum Gasteiger partial charge on any atom is -0.386 e. The van der Waals surface area contributed by atoms with Crippen molar-refractivity contribution in [2.24, 2.45) is 0 Å². The maximum atomic E-state index is 12.5. The van der Waals surface area contributed by atoms with Crippen molar-refractivity contribution in [1.29, 1.82) is 5.26 Å². The molecule has 168 valence electrons. The van der Waals surface area contributed by atoms with Gasteiger partial charge >= 0.3 is 0 Å². The first-order valence-corrected chi connectivity index (χ1v) is 11.7. The van der Waals surface area contributed by atoms with Crippen molar-refractivity contribution in [3.05, 3.63) is 86.1 Å². The van der Waals surface area contributed by atoms with E-state index in [1.165, 1.54) is 11.3 Å². The van der Waals surface area contributed by atoms with Crippen LogP contribution >= 0.6 is 35.1 Å². The van der Waals surface area contributed by atoms with Crippen LogP contribution in [0.1, 0.15) is 55.9 Å². The second-order valence-corrected chi connectivity index (χ2v) is 9.37. The number of aryl methyl sites for hydroxylation is 1. The fraction of sp³-hybridized carbons (Fsp3) is 0.208. The fourth-order valence-corrected chi connectivity index (χ4v) is 5.00. The lowest BCUT2D eigenvalue weighted by Gasteiger charge is -2.03. The maximum Gasteiger partial charge on any atom is 0.168 e. The topological polar surface area (TPSA) is 99.8 Å². The Morgan fingerprint density at radius 2 is 1.94 bits per heavy atom. The number of aromatic nitrogens is 3. The van der Waals surface area contributed by atoms with Gasteiger partial charge in [-0.3, -0.25) is 9.78 Å². The molecule has 0 aliphatic carbocycles.